The molecule has 4 nitrogen and oxygen atoms in total. The summed E-state index contributed by atoms with van der Waals surface area (Å²) in [6.07, 6.45) is 5.08. The second-order valence-electron chi connectivity index (χ2n) is 3.02. The van der Waals surface area contributed by atoms with Crippen LogP contribution in [-0.4, -0.2) is 4.98 Å². The van der Waals surface area contributed by atoms with E-state index in [4.69, 9.17) is 10.3 Å². The molecule has 0 amide bonds. The number of nitrogens with one attached hydrogen (secondary N) is 1. The first-order chi connectivity index (χ1) is 7.33. The summed E-state index contributed by atoms with van der Waals surface area (Å²) in [6.45, 7) is 0. The standard InChI is InChI=1S/C10H10BrN3O/c11-8-3-5-15-10(8)9(14-12)7-2-1-4-13-6-7/h1-6,9,14H,12H2. The van der Waals surface area contributed by atoms with Crippen LogP contribution in [0.5, 0.6) is 0 Å². The highest BCUT2D eigenvalue weighted by atomic mass is 79.9. The molecule has 0 bridgehead atoms. The number of hydrogen-bond donors (Lipinski definition) is 2. The van der Waals surface area contributed by atoms with Crippen molar-refractivity contribution in [3.63, 3.8) is 0 Å². The molecule has 0 aliphatic heterocycles. The Morgan fingerprint density at radius 2 is 2.33 bits per heavy atom. The molecule has 2 aromatic rings. The van der Waals surface area contributed by atoms with E-state index >= 15 is 0 Å². The number of halogens is 1. The summed E-state index contributed by atoms with van der Waals surface area (Å²) in [6, 6.07) is 5.43. The Hall–Kier alpha value is -1.17. The molecule has 0 saturated heterocycles. The van der Waals surface area contributed by atoms with Crippen LogP contribution in [0.3, 0.4) is 0 Å². The Morgan fingerprint density at radius 3 is 2.87 bits per heavy atom. The van der Waals surface area contributed by atoms with Gasteiger partial charge in [-0.1, -0.05) is 6.07 Å². The Balaban J connectivity index is 2.37. The molecular formula is C10H10BrN3O. The van der Waals surface area contributed by atoms with Gasteiger partial charge in [-0.15, -0.1) is 0 Å². The van der Waals surface area contributed by atoms with Gasteiger partial charge < -0.3 is 4.42 Å². The van der Waals surface area contributed by atoms with Crippen LogP contribution in [0, 0.1) is 0 Å². The number of nitrogens with zero attached hydrogens (tertiary/aromatic N) is 1. The Bertz CT molecular complexity index is 429. The average molecular weight is 268 g/mol. The molecule has 2 heterocycles. The molecule has 0 aliphatic rings. The third-order valence-electron chi connectivity index (χ3n) is 2.09. The summed E-state index contributed by atoms with van der Waals surface area (Å²) in [4.78, 5) is 4.04. The van der Waals surface area contributed by atoms with E-state index in [1.165, 1.54) is 0 Å². The van der Waals surface area contributed by atoms with Crippen LogP contribution in [0.25, 0.3) is 0 Å². The van der Waals surface area contributed by atoms with E-state index in [1.54, 1.807) is 18.7 Å². The summed E-state index contributed by atoms with van der Waals surface area (Å²) in [7, 11) is 0. The van der Waals surface area contributed by atoms with Crippen molar-refractivity contribution in [1.29, 1.82) is 0 Å². The van der Waals surface area contributed by atoms with Crippen LogP contribution >= 0.6 is 15.9 Å². The Kier molecular flexibility index (Phi) is 3.15. The summed E-state index contributed by atoms with van der Waals surface area (Å²) in [5, 5.41) is 0. The third-order valence-corrected chi connectivity index (χ3v) is 2.75. The maximum absolute atomic E-state index is 5.51. The van der Waals surface area contributed by atoms with Gasteiger partial charge in [0.2, 0.25) is 0 Å². The molecule has 0 aliphatic carbocycles. The number of pyridine rings is 1. The van der Waals surface area contributed by atoms with Crippen LogP contribution in [0.1, 0.15) is 17.4 Å². The SMILES string of the molecule is NNC(c1cccnc1)c1occc1Br. The fourth-order valence-corrected chi connectivity index (χ4v) is 1.81. The van der Waals surface area contributed by atoms with Gasteiger partial charge in [-0.05, 0) is 33.6 Å². The maximum Gasteiger partial charge on any atom is 0.140 e. The lowest BCUT2D eigenvalue weighted by molar-refractivity contribution is 0.449. The lowest BCUT2D eigenvalue weighted by Crippen LogP contribution is -2.28. The van der Waals surface area contributed by atoms with Crippen molar-refractivity contribution in [2.45, 2.75) is 6.04 Å². The number of aromatic nitrogens is 1. The van der Waals surface area contributed by atoms with Crippen molar-refractivity contribution >= 4 is 15.9 Å². The zero-order valence-corrected chi connectivity index (χ0v) is 9.44. The molecule has 3 N–H and O–H groups in total. The maximum atomic E-state index is 5.51. The van der Waals surface area contributed by atoms with Crippen molar-refractivity contribution in [3.8, 4) is 0 Å². The largest absolute Gasteiger partial charge is 0.466 e. The minimum atomic E-state index is -0.192. The number of hydrazine groups is 1. The first kappa shape index (κ1) is 10.4. The molecule has 78 valence electrons. The molecule has 0 radical (unpaired) electrons. The lowest BCUT2D eigenvalue weighted by atomic mass is 10.1. The molecule has 2 aromatic heterocycles. The molecule has 1 unspecified atom stereocenters. The van der Waals surface area contributed by atoms with Crippen LogP contribution in [-0.2, 0) is 0 Å². The molecule has 0 aromatic carbocycles. The summed E-state index contributed by atoms with van der Waals surface area (Å²) in [5.74, 6) is 6.25. The number of furan rings is 1. The first-order valence-corrected chi connectivity index (χ1v) is 5.21. The van der Waals surface area contributed by atoms with Gasteiger partial charge in [0.1, 0.15) is 11.8 Å². The number of nitrogens with two attached hydrogens (primary N) is 1. The fourth-order valence-electron chi connectivity index (χ4n) is 1.38. The Labute approximate surface area is 95.6 Å². The summed E-state index contributed by atoms with van der Waals surface area (Å²) in [5.41, 5.74) is 3.65. The highest BCUT2D eigenvalue weighted by Gasteiger charge is 2.18. The summed E-state index contributed by atoms with van der Waals surface area (Å²) < 4.78 is 6.24. The van der Waals surface area contributed by atoms with Crippen molar-refractivity contribution in [2.24, 2.45) is 5.84 Å². The van der Waals surface area contributed by atoms with Crippen LogP contribution < -0.4 is 11.3 Å². The van der Waals surface area contributed by atoms with E-state index < -0.39 is 0 Å². The number of hydrogen-bond acceptors (Lipinski definition) is 4. The van der Waals surface area contributed by atoms with Gasteiger partial charge in [0, 0.05) is 12.4 Å². The molecule has 2 rings (SSSR count). The summed E-state index contributed by atoms with van der Waals surface area (Å²) >= 11 is 3.40. The van der Waals surface area contributed by atoms with E-state index in [2.05, 4.69) is 26.3 Å². The van der Waals surface area contributed by atoms with Gasteiger partial charge in [0.05, 0.1) is 10.7 Å². The highest BCUT2D eigenvalue weighted by Crippen LogP contribution is 2.28. The van der Waals surface area contributed by atoms with Gasteiger partial charge in [-0.3, -0.25) is 10.8 Å². The smallest absolute Gasteiger partial charge is 0.140 e. The molecule has 15 heavy (non-hydrogen) atoms. The van der Waals surface area contributed by atoms with E-state index in [-0.39, 0.29) is 6.04 Å². The predicted octanol–water partition coefficient (Wildman–Crippen LogP) is 1.99. The normalized spacial score (nSPS) is 12.7. The average Bonchev–Trinajstić information content (AvgIpc) is 2.68. The predicted molar refractivity (Wildman–Crippen MR) is 59.8 cm³/mol. The van der Waals surface area contributed by atoms with Crippen LogP contribution in [0.4, 0.5) is 0 Å². The molecule has 1 atom stereocenters. The molecule has 0 fully saturated rings. The quantitative estimate of drug-likeness (QED) is 0.660. The van der Waals surface area contributed by atoms with Crippen molar-refractivity contribution < 1.29 is 4.42 Å². The topological polar surface area (TPSA) is 64.1 Å². The molecule has 0 saturated carbocycles. The minimum Gasteiger partial charge on any atom is -0.466 e. The molecule has 0 spiro atoms. The van der Waals surface area contributed by atoms with Gasteiger partial charge in [0.15, 0.2) is 0 Å². The second kappa shape index (κ2) is 4.57. The van der Waals surface area contributed by atoms with Gasteiger partial charge in [-0.2, -0.15) is 0 Å². The van der Waals surface area contributed by atoms with Crippen molar-refractivity contribution in [1.82, 2.24) is 10.4 Å². The molecule has 5 heteroatoms. The number of rotatable bonds is 3. The van der Waals surface area contributed by atoms with Gasteiger partial charge in [-0.25, -0.2) is 5.43 Å². The molecular weight excluding hydrogens is 258 g/mol. The van der Waals surface area contributed by atoms with E-state index in [0.717, 1.165) is 15.8 Å². The third kappa shape index (κ3) is 2.09. The van der Waals surface area contributed by atoms with Crippen LogP contribution in [0.2, 0.25) is 0 Å². The van der Waals surface area contributed by atoms with Crippen molar-refractivity contribution in [2.75, 3.05) is 0 Å². The zero-order chi connectivity index (χ0) is 10.7. The first-order valence-electron chi connectivity index (χ1n) is 4.42. The van der Waals surface area contributed by atoms with Gasteiger partial charge >= 0.3 is 0 Å². The van der Waals surface area contributed by atoms with Gasteiger partial charge in [0.25, 0.3) is 0 Å². The lowest BCUT2D eigenvalue weighted by Gasteiger charge is -2.13. The highest BCUT2D eigenvalue weighted by molar-refractivity contribution is 9.10. The van der Waals surface area contributed by atoms with E-state index in [9.17, 15) is 0 Å². The monoisotopic (exact) mass is 267 g/mol. The zero-order valence-electron chi connectivity index (χ0n) is 7.85. The van der Waals surface area contributed by atoms with E-state index in [1.807, 2.05) is 18.2 Å². The van der Waals surface area contributed by atoms with Crippen molar-refractivity contribution in [3.05, 3.63) is 52.7 Å². The van der Waals surface area contributed by atoms with E-state index in [0.29, 0.717) is 0 Å². The minimum absolute atomic E-state index is 0.192. The second-order valence-corrected chi connectivity index (χ2v) is 3.87. The van der Waals surface area contributed by atoms with Crippen LogP contribution in [0.15, 0.2) is 45.7 Å². The Morgan fingerprint density at radius 1 is 1.47 bits per heavy atom. The fraction of sp³-hybridized carbons (Fsp3) is 0.100.